The molecular weight excluding hydrogens is 392 g/mol. The van der Waals surface area contributed by atoms with Gasteiger partial charge in [0, 0.05) is 18.8 Å². The third-order valence-electron chi connectivity index (χ3n) is 5.36. The molecule has 6 nitrogen and oxygen atoms in total. The summed E-state index contributed by atoms with van der Waals surface area (Å²) in [7, 11) is 1.51. The van der Waals surface area contributed by atoms with Crippen molar-refractivity contribution in [1.82, 2.24) is 4.98 Å². The van der Waals surface area contributed by atoms with Crippen LogP contribution in [-0.4, -0.2) is 28.9 Å². The van der Waals surface area contributed by atoms with Crippen LogP contribution in [0.15, 0.2) is 90.5 Å². The standard InChI is InChI=1S/C25H22N2O4/c1-31-21-10-6-5-9-19(21)27-23(18-13-15-26-16-14-18)22(24(29)25(27)30)20(28)12-11-17-7-3-2-4-8-17/h2-10,13-16,23,29H,11-12H2,1H3. The van der Waals surface area contributed by atoms with Gasteiger partial charge in [-0.15, -0.1) is 0 Å². The normalized spacial score (nSPS) is 16.0. The Balaban J connectivity index is 1.74. The first-order valence-electron chi connectivity index (χ1n) is 9.98. The molecule has 156 valence electrons. The molecule has 0 spiro atoms. The summed E-state index contributed by atoms with van der Waals surface area (Å²) in [5.41, 5.74) is 2.27. The van der Waals surface area contributed by atoms with Gasteiger partial charge in [0.1, 0.15) is 5.75 Å². The van der Waals surface area contributed by atoms with Crippen LogP contribution >= 0.6 is 0 Å². The molecule has 1 aromatic heterocycles. The predicted molar refractivity (Wildman–Crippen MR) is 117 cm³/mol. The molecule has 1 unspecified atom stereocenters. The number of para-hydroxylation sites is 2. The number of ketones is 1. The summed E-state index contributed by atoms with van der Waals surface area (Å²) in [4.78, 5) is 31.8. The van der Waals surface area contributed by atoms with Crippen LogP contribution in [0.25, 0.3) is 0 Å². The third kappa shape index (κ3) is 3.92. The molecule has 1 N–H and O–H groups in total. The Bertz CT molecular complexity index is 1130. The van der Waals surface area contributed by atoms with Gasteiger partial charge in [0.25, 0.3) is 5.91 Å². The molecule has 1 aliphatic rings. The first-order chi connectivity index (χ1) is 15.1. The van der Waals surface area contributed by atoms with Crippen LogP contribution in [-0.2, 0) is 16.0 Å². The fourth-order valence-electron chi connectivity index (χ4n) is 3.87. The second-order valence-electron chi connectivity index (χ2n) is 7.20. The number of aliphatic hydroxyl groups excluding tert-OH is 1. The fraction of sp³-hybridized carbons (Fsp3) is 0.160. The van der Waals surface area contributed by atoms with Crippen molar-refractivity contribution in [2.24, 2.45) is 0 Å². The number of aryl methyl sites for hydroxylation is 1. The summed E-state index contributed by atoms with van der Waals surface area (Å²) < 4.78 is 5.44. The summed E-state index contributed by atoms with van der Waals surface area (Å²) >= 11 is 0. The van der Waals surface area contributed by atoms with Crippen molar-refractivity contribution in [2.75, 3.05) is 12.0 Å². The number of aromatic nitrogens is 1. The summed E-state index contributed by atoms with van der Waals surface area (Å²) in [6.07, 6.45) is 3.89. The number of aliphatic hydroxyl groups is 1. The van der Waals surface area contributed by atoms with Gasteiger partial charge in [-0.05, 0) is 41.8 Å². The molecule has 1 atom stereocenters. The molecule has 0 fully saturated rings. The number of carbonyl (C=O) groups is 2. The third-order valence-corrected chi connectivity index (χ3v) is 5.36. The molecular formula is C25H22N2O4. The average molecular weight is 414 g/mol. The van der Waals surface area contributed by atoms with Crippen molar-refractivity contribution in [2.45, 2.75) is 18.9 Å². The Labute approximate surface area is 180 Å². The Hall–Kier alpha value is -3.93. The van der Waals surface area contributed by atoms with E-state index in [0.29, 0.717) is 23.4 Å². The van der Waals surface area contributed by atoms with E-state index in [1.807, 2.05) is 30.3 Å². The average Bonchev–Trinajstić information content (AvgIpc) is 3.09. The summed E-state index contributed by atoms with van der Waals surface area (Å²) in [5.74, 6) is -0.949. The number of carbonyl (C=O) groups excluding carboxylic acids is 2. The molecule has 31 heavy (non-hydrogen) atoms. The highest BCUT2D eigenvalue weighted by Gasteiger charge is 2.44. The van der Waals surface area contributed by atoms with Crippen molar-refractivity contribution in [1.29, 1.82) is 0 Å². The number of hydrogen-bond donors (Lipinski definition) is 1. The van der Waals surface area contributed by atoms with E-state index in [0.717, 1.165) is 5.56 Å². The first kappa shape index (κ1) is 20.3. The number of anilines is 1. The lowest BCUT2D eigenvalue weighted by Gasteiger charge is -2.28. The van der Waals surface area contributed by atoms with Crippen LogP contribution in [0.3, 0.4) is 0 Å². The Kier molecular flexibility index (Phi) is 5.80. The van der Waals surface area contributed by atoms with Gasteiger partial charge in [0.05, 0.1) is 24.4 Å². The van der Waals surface area contributed by atoms with E-state index in [-0.39, 0.29) is 17.8 Å². The van der Waals surface area contributed by atoms with E-state index in [1.54, 1.807) is 48.8 Å². The van der Waals surface area contributed by atoms with E-state index in [2.05, 4.69) is 4.98 Å². The van der Waals surface area contributed by atoms with Crippen LogP contribution in [0, 0.1) is 0 Å². The summed E-state index contributed by atoms with van der Waals surface area (Å²) in [6, 6.07) is 19.4. The molecule has 4 rings (SSSR count). The number of amides is 1. The lowest BCUT2D eigenvalue weighted by Crippen LogP contribution is -2.31. The number of hydrogen-bond acceptors (Lipinski definition) is 5. The zero-order chi connectivity index (χ0) is 21.8. The minimum absolute atomic E-state index is 0.0954. The molecule has 6 heteroatoms. The maximum Gasteiger partial charge on any atom is 0.294 e. The van der Waals surface area contributed by atoms with Crippen LogP contribution < -0.4 is 9.64 Å². The molecule has 0 radical (unpaired) electrons. The first-order valence-corrected chi connectivity index (χ1v) is 9.98. The number of methoxy groups -OCH3 is 1. The fourth-order valence-corrected chi connectivity index (χ4v) is 3.87. The van der Waals surface area contributed by atoms with E-state index in [4.69, 9.17) is 4.74 Å². The maximum atomic E-state index is 13.2. The van der Waals surface area contributed by atoms with Gasteiger partial charge in [-0.2, -0.15) is 0 Å². The maximum absolute atomic E-state index is 13.2. The highest BCUT2D eigenvalue weighted by molar-refractivity contribution is 6.17. The van der Waals surface area contributed by atoms with Crippen molar-refractivity contribution in [3.63, 3.8) is 0 Å². The second kappa shape index (κ2) is 8.83. The number of ether oxygens (including phenoxy) is 1. The van der Waals surface area contributed by atoms with Gasteiger partial charge in [0.15, 0.2) is 11.5 Å². The van der Waals surface area contributed by atoms with E-state index in [1.165, 1.54) is 12.0 Å². The molecule has 2 heterocycles. The van der Waals surface area contributed by atoms with E-state index < -0.39 is 17.7 Å². The molecule has 0 saturated heterocycles. The lowest BCUT2D eigenvalue weighted by molar-refractivity contribution is -0.118. The van der Waals surface area contributed by atoms with E-state index in [9.17, 15) is 14.7 Å². The van der Waals surface area contributed by atoms with Gasteiger partial charge in [-0.3, -0.25) is 19.5 Å². The molecule has 0 saturated carbocycles. The lowest BCUT2D eigenvalue weighted by atomic mass is 9.93. The summed E-state index contributed by atoms with van der Waals surface area (Å²) in [6.45, 7) is 0. The Morgan fingerprint density at radius 2 is 1.71 bits per heavy atom. The predicted octanol–water partition coefficient (Wildman–Crippen LogP) is 4.19. The van der Waals surface area contributed by atoms with Crippen LogP contribution in [0.2, 0.25) is 0 Å². The number of benzene rings is 2. The Morgan fingerprint density at radius 1 is 1.03 bits per heavy atom. The molecule has 0 aliphatic carbocycles. The van der Waals surface area contributed by atoms with Crippen LogP contribution in [0.1, 0.15) is 23.6 Å². The minimum atomic E-state index is -0.768. The van der Waals surface area contributed by atoms with Gasteiger partial charge < -0.3 is 9.84 Å². The van der Waals surface area contributed by atoms with Crippen molar-refractivity contribution < 1.29 is 19.4 Å². The van der Waals surface area contributed by atoms with E-state index >= 15 is 0 Å². The molecule has 1 aliphatic heterocycles. The Morgan fingerprint density at radius 3 is 2.42 bits per heavy atom. The van der Waals surface area contributed by atoms with Crippen LogP contribution in [0.5, 0.6) is 5.75 Å². The zero-order valence-corrected chi connectivity index (χ0v) is 17.1. The molecule has 0 bridgehead atoms. The monoisotopic (exact) mass is 414 g/mol. The number of rotatable bonds is 7. The highest BCUT2D eigenvalue weighted by Crippen LogP contribution is 2.44. The van der Waals surface area contributed by atoms with Gasteiger partial charge in [0.2, 0.25) is 0 Å². The molecule has 3 aromatic rings. The number of pyridine rings is 1. The number of nitrogens with zero attached hydrogens (tertiary/aromatic N) is 2. The van der Waals surface area contributed by atoms with Crippen LogP contribution in [0.4, 0.5) is 5.69 Å². The van der Waals surface area contributed by atoms with Crippen molar-refractivity contribution >= 4 is 17.4 Å². The highest BCUT2D eigenvalue weighted by atomic mass is 16.5. The van der Waals surface area contributed by atoms with Gasteiger partial charge >= 0.3 is 0 Å². The molecule has 1 amide bonds. The zero-order valence-electron chi connectivity index (χ0n) is 17.1. The van der Waals surface area contributed by atoms with Crippen molar-refractivity contribution in [3.05, 3.63) is 102 Å². The minimum Gasteiger partial charge on any atom is -0.503 e. The largest absolute Gasteiger partial charge is 0.503 e. The smallest absolute Gasteiger partial charge is 0.294 e. The van der Waals surface area contributed by atoms with Gasteiger partial charge in [-0.25, -0.2) is 0 Å². The van der Waals surface area contributed by atoms with Crippen molar-refractivity contribution in [3.8, 4) is 5.75 Å². The topological polar surface area (TPSA) is 79.7 Å². The van der Waals surface area contributed by atoms with Gasteiger partial charge in [-0.1, -0.05) is 42.5 Å². The molecule has 2 aromatic carbocycles. The number of Topliss-reactive ketones (excluding diaryl/α,β-unsaturated/α-hetero) is 1. The summed E-state index contributed by atoms with van der Waals surface area (Å²) in [5, 5.41) is 10.8. The quantitative estimate of drug-likeness (QED) is 0.627. The second-order valence-corrected chi connectivity index (χ2v) is 7.20. The SMILES string of the molecule is COc1ccccc1N1C(=O)C(O)=C(C(=O)CCc2ccccc2)C1c1ccncc1.